The zero-order valence-corrected chi connectivity index (χ0v) is 16.4. The van der Waals surface area contributed by atoms with Crippen LogP contribution in [0.4, 0.5) is 0 Å². The second kappa shape index (κ2) is 12.2. The van der Waals surface area contributed by atoms with Gasteiger partial charge < -0.3 is 4.90 Å². The predicted octanol–water partition coefficient (Wildman–Crippen LogP) is 4.99. The average molecular weight is 403 g/mol. The molecule has 0 fully saturated rings. The quantitative estimate of drug-likeness (QED) is 0.353. The van der Waals surface area contributed by atoms with Gasteiger partial charge in [0.15, 0.2) is 0 Å². The minimum atomic E-state index is 0.736. The maximum absolute atomic E-state index is 2.65. The van der Waals surface area contributed by atoms with Crippen molar-refractivity contribution in [2.24, 2.45) is 5.92 Å². The van der Waals surface area contributed by atoms with Crippen LogP contribution in [0.15, 0.2) is 0 Å². The molecule has 0 heterocycles. The molecule has 0 saturated carbocycles. The first kappa shape index (κ1) is 19.4. The summed E-state index contributed by atoms with van der Waals surface area (Å²) in [4.78, 5) is 2.65. The molecule has 0 spiro atoms. The van der Waals surface area contributed by atoms with E-state index >= 15 is 0 Å². The first-order valence-electron chi connectivity index (χ1n) is 7.01. The van der Waals surface area contributed by atoms with Gasteiger partial charge in [0.05, 0.1) is 3.26 Å². The molecule has 0 aromatic carbocycles. The third-order valence-corrected chi connectivity index (χ3v) is 5.68. The van der Waals surface area contributed by atoms with Gasteiger partial charge >= 0.3 is 0 Å². The number of nitrogens with zero attached hydrogens (tertiary/aromatic N) is 1. The molecule has 0 aromatic heterocycles. The molecule has 0 radical (unpaired) electrons. The molecule has 110 valence electrons. The number of thioether (sulfide) groups is 2. The molecule has 1 nitrogen and oxygen atoms in total. The van der Waals surface area contributed by atoms with Crippen LogP contribution < -0.4 is 0 Å². The van der Waals surface area contributed by atoms with E-state index in [0.29, 0.717) is 0 Å². The summed E-state index contributed by atoms with van der Waals surface area (Å²) in [6.07, 6.45) is 1.33. The predicted molar refractivity (Wildman–Crippen MR) is 99.4 cm³/mol. The fraction of sp³-hybridized carbons (Fsp3) is 1.00. The van der Waals surface area contributed by atoms with Crippen molar-refractivity contribution in [3.8, 4) is 0 Å². The van der Waals surface area contributed by atoms with E-state index in [-0.39, 0.29) is 0 Å². The van der Waals surface area contributed by atoms with E-state index in [1.54, 1.807) is 0 Å². The Hall–Kier alpha value is 1.39. The van der Waals surface area contributed by atoms with Gasteiger partial charge in [-0.05, 0) is 31.1 Å². The third kappa shape index (κ3) is 13.8. The van der Waals surface area contributed by atoms with E-state index < -0.39 is 0 Å². The summed E-state index contributed by atoms with van der Waals surface area (Å²) in [6.45, 7) is 15.3. The smallest absolute Gasteiger partial charge is 0.0536 e. The third-order valence-electron chi connectivity index (χ3n) is 2.64. The minimum absolute atomic E-state index is 0.736. The Morgan fingerprint density at radius 1 is 0.889 bits per heavy atom. The summed E-state index contributed by atoms with van der Waals surface area (Å²) in [7, 11) is 0. The summed E-state index contributed by atoms with van der Waals surface area (Å²) in [5.74, 6) is 3.37. The Bertz CT molecular complexity index is 173. The summed E-state index contributed by atoms with van der Waals surface area (Å²) in [6, 6.07) is 0. The highest BCUT2D eigenvalue weighted by Crippen LogP contribution is 2.17. The van der Waals surface area contributed by atoms with Crippen molar-refractivity contribution in [3.63, 3.8) is 0 Å². The first-order chi connectivity index (χ1) is 8.41. The highest BCUT2D eigenvalue weighted by molar-refractivity contribution is 14.1. The summed E-state index contributed by atoms with van der Waals surface area (Å²) >= 11 is 6.65. The SMILES string of the molecule is CC(C)CCN(CCSC(C)C)CCSC(C)I. The molecule has 0 amide bonds. The maximum atomic E-state index is 2.65. The number of rotatable bonds is 11. The van der Waals surface area contributed by atoms with Crippen LogP contribution in [0.2, 0.25) is 0 Å². The van der Waals surface area contributed by atoms with E-state index in [9.17, 15) is 0 Å². The van der Waals surface area contributed by atoms with Crippen LogP contribution in [0.5, 0.6) is 0 Å². The molecule has 18 heavy (non-hydrogen) atoms. The molecule has 0 saturated heterocycles. The molecule has 0 bridgehead atoms. The molecule has 0 N–H and O–H groups in total. The van der Waals surface area contributed by atoms with Gasteiger partial charge in [-0.25, -0.2) is 0 Å². The first-order valence-corrected chi connectivity index (χ1v) is 10.4. The second-order valence-electron chi connectivity index (χ2n) is 5.36. The van der Waals surface area contributed by atoms with Crippen molar-refractivity contribution in [2.45, 2.75) is 49.5 Å². The lowest BCUT2D eigenvalue weighted by atomic mass is 10.1. The summed E-state index contributed by atoms with van der Waals surface area (Å²) < 4.78 is 0.736. The fourth-order valence-electron chi connectivity index (χ4n) is 1.54. The molecule has 0 aliphatic carbocycles. The second-order valence-corrected chi connectivity index (χ2v) is 11.2. The molecule has 1 unspecified atom stereocenters. The maximum Gasteiger partial charge on any atom is 0.0536 e. The molecule has 4 heteroatoms. The Kier molecular flexibility index (Phi) is 13.1. The molecule has 1 atom stereocenters. The largest absolute Gasteiger partial charge is 0.302 e. The van der Waals surface area contributed by atoms with Crippen molar-refractivity contribution in [1.82, 2.24) is 4.90 Å². The van der Waals surface area contributed by atoms with E-state index in [1.807, 2.05) is 0 Å². The van der Waals surface area contributed by atoms with E-state index in [2.05, 4.69) is 85.6 Å². The van der Waals surface area contributed by atoms with Crippen molar-refractivity contribution >= 4 is 46.1 Å². The zero-order valence-electron chi connectivity index (χ0n) is 12.6. The number of hydrogen-bond donors (Lipinski definition) is 0. The Balaban J connectivity index is 3.84. The van der Waals surface area contributed by atoms with Crippen molar-refractivity contribution in [3.05, 3.63) is 0 Å². The molecule has 0 aliphatic rings. The number of hydrogen-bond acceptors (Lipinski definition) is 3. The summed E-state index contributed by atoms with van der Waals surface area (Å²) in [5, 5.41) is 0.765. The zero-order chi connectivity index (χ0) is 14.0. The monoisotopic (exact) mass is 403 g/mol. The van der Waals surface area contributed by atoms with Crippen molar-refractivity contribution < 1.29 is 0 Å². The van der Waals surface area contributed by atoms with Gasteiger partial charge in [0.1, 0.15) is 0 Å². The van der Waals surface area contributed by atoms with E-state index in [1.165, 1.54) is 37.6 Å². The topological polar surface area (TPSA) is 3.24 Å². The van der Waals surface area contributed by atoms with Gasteiger partial charge in [-0.15, -0.1) is 11.8 Å². The van der Waals surface area contributed by atoms with Crippen LogP contribution >= 0.6 is 46.1 Å². The van der Waals surface area contributed by atoms with Gasteiger partial charge in [0.2, 0.25) is 0 Å². The van der Waals surface area contributed by atoms with Crippen LogP contribution in [-0.2, 0) is 0 Å². The lowest BCUT2D eigenvalue weighted by Crippen LogP contribution is -2.30. The van der Waals surface area contributed by atoms with Crippen LogP contribution in [0.1, 0.15) is 41.0 Å². The Morgan fingerprint density at radius 3 is 1.89 bits per heavy atom. The van der Waals surface area contributed by atoms with Crippen molar-refractivity contribution in [1.29, 1.82) is 0 Å². The molecular formula is C14H30INS2. The lowest BCUT2D eigenvalue weighted by Gasteiger charge is -2.23. The molecule has 0 rings (SSSR count). The molecule has 0 aromatic rings. The summed E-state index contributed by atoms with van der Waals surface area (Å²) in [5.41, 5.74) is 0. The van der Waals surface area contributed by atoms with E-state index in [4.69, 9.17) is 0 Å². The van der Waals surface area contributed by atoms with E-state index in [0.717, 1.165) is 14.4 Å². The van der Waals surface area contributed by atoms with Crippen LogP contribution in [0.3, 0.4) is 0 Å². The lowest BCUT2D eigenvalue weighted by molar-refractivity contribution is 0.288. The Morgan fingerprint density at radius 2 is 1.44 bits per heavy atom. The number of halogens is 1. The highest BCUT2D eigenvalue weighted by Gasteiger charge is 2.07. The van der Waals surface area contributed by atoms with Crippen LogP contribution in [0.25, 0.3) is 0 Å². The number of alkyl halides is 1. The average Bonchev–Trinajstić information content (AvgIpc) is 2.24. The minimum Gasteiger partial charge on any atom is -0.302 e. The van der Waals surface area contributed by atoms with Gasteiger partial charge in [-0.3, -0.25) is 0 Å². The molecule has 0 aliphatic heterocycles. The van der Waals surface area contributed by atoms with Crippen molar-refractivity contribution in [2.75, 3.05) is 31.1 Å². The highest BCUT2D eigenvalue weighted by atomic mass is 127. The van der Waals surface area contributed by atoms with Gasteiger partial charge in [-0.2, -0.15) is 11.8 Å². The normalized spacial score (nSPS) is 13.8. The van der Waals surface area contributed by atoms with Crippen LogP contribution in [-0.4, -0.2) is 44.5 Å². The van der Waals surface area contributed by atoms with Gasteiger partial charge in [0.25, 0.3) is 0 Å². The Labute approximate surface area is 137 Å². The molecular weight excluding hydrogens is 373 g/mol. The van der Waals surface area contributed by atoms with Crippen LogP contribution in [0, 0.1) is 5.92 Å². The standard InChI is InChI=1S/C14H30INS2/c1-12(2)6-7-16(8-10-17-13(3)4)9-11-18-14(5)15/h12-14H,6-11H2,1-5H3. The van der Waals surface area contributed by atoms with Gasteiger partial charge in [0, 0.05) is 24.6 Å². The van der Waals surface area contributed by atoms with Gasteiger partial charge in [-0.1, -0.05) is 50.3 Å². The fourth-order valence-corrected chi connectivity index (χ4v) is 3.82.